The molecule has 1 aliphatic rings. The number of nitrogens with zero attached hydrogens (tertiary/aromatic N) is 1. The smallest absolute Gasteiger partial charge is 0.337 e. The lowest BCUT2D eigenvalue weighted by atomic mass is 10.1. The van der Waals surface area contributed by atoms with Crippen molar-refractivity contribution in [1.29, 1.82) is 0 Å². The van der Waals surface area contributed by atoms with Gasteiger partial charge in [-0.3, -0.25) is 4.90 Å². The van der Waals surface area contributed by atoms with E-state index in [1.807, 2.05) is 12.1 Å². The van der Waals surface area contributed by atoms with Gasteiger partial charge in [-0.05, 0) is 35.4 Å². The van der Waals surface area contributed by atoms with Crippen molar-refractivity contribution in [2.24, 2.45) is 0 Å². The zero-order chi connectivity index (χ0) is 17.5. The van der Waals surface area contributed by atoms with Crippen LogP contribution in [-0.2, 0) is 22.6 Å². The Hall–Kier alpha value is -2.37. The van der Waals surface area contributed by atoms with Crippen molar-refractivity contribution in [2.75, 3.05) is 38.7 Å². The maximum absolute atomic E-state index is 11.4. The Morgan fingerprint density at radius 1 is 1.04 bits per heavy atom. The third-order valence-electron chi connectivity index (χ3n) is 4.34. The summed E-state index contributed by atoms with van der Waals surface area (Å²) >= 11 is 0. The molecule has 0 bridgehead atoms. The number of nitrogens with one attached hydrogen (secondary N) is 1. The van der Waals surface area contributed by atoms with Crippen LogP contribution in [0.3, 0.4) is 0 Å². The predicted octanol–water partition coefficient (Wildman–Crippen LogP) is 2.92. The molecule has 132 valence electrons. The highest BCUT2D eigenvalue weighted by Gasteiger charge is 2.10. The van der Waals surface area contributed by atoms with Crippen molar-refractivity contribution in [3.63, 3.8) is 0 Å². The Morgan fingerprint density at radius 2 is 1.68 bits per heavy atom. The molecule has 1 fully saturated rings. The summed E-state index contributed by atoms with van der Waals surface area (Å²) in [5.41, 5.74) is 4.08. The highest BCUT2D eigenvalue weighted by Crippen LogP contribution is 2.14. The number of rotatable bonds is 6. The number of esters is 1. The average Bonchev–Trinajstić information content (AvgIpc) is 2.68. The Morgan fingerprint density at radius 3 is 2.32 bits per heavy atom. The molecule has 0 atom stereocenters. The quantitative estimate of drug-likeness (QED) is 0.820. The van der Waals surface area contributed by atoms with Gasteiger partial charge in [-0.25, -0.2) is 4.79 Å². The Labute approximate surface area is 148 Å². The molecule has 1 aliphatic heterocycles. The molecule has 0 amide bonds. The second-order valence-corrected chi connectivity index (χ2v) is 6.13. The summed E-state index contributed by atoms with van der Waals surface area (Å²) in [4.78, 5) is 13.8. The molecule has 1 heterocycles. The third-order valence-corrected chi connectivity index (χ3v) is 4.34. The lowest BCUT2D eigenvalue weighted by molar-refractivity contribution is 0.0342. The fourth-order valence-corrected chi connectivity index (χ4v) is 2.83. The number of anilines is 1. The maximum Gasteiger partial charge on any atom is 0.337 e. The van der Waals surface area contributed by atoms with Crippen LogP contribution in [0.4, 0.5) is 5.69 Å². The predicted molar refractivity (Wildman–Crippen MR) is 97.6 cm³/mol. The van der Waals surface area contributed by atoms with Gasteiger partial charge >= 0.3 is 5.97 Å². The number of methoxy groups -OCH3 is 1. The average molecular weight is 340 g/mol. The standard InChI is InChI=1S/C20H24N2O3/c1-24-20(23)18-6-2-16(3-7-18)14-21-19-8-4-17(5-9-19)15-22-10-12-25-13-11-22/h2-9,21H,10-15H2,1H3. The summed E-state index contributed by atoms with van der Waals surface area (Å²) in [6.07, 6.45) is 0. The van der Waals surface area contributed by atoms with Gasteiger partial charge in [0, 0.05) is 31.9 Å². The molecule has 2 aromatic carbocycles. The minimum Gasteiger partial charge on any atom is -0.465 e. The summed E-state index contributed by atoms with van der Waals surface area (Å²) < 4.78 is 10.1. The molecule has 0 aliphatic carbocycles. The molecule has 25 heavy (non-hydrogen) atoms. The third kappa shape index (κ3) is 5.05. The van der Waals surface area contributed by atoms with Gasteiger partial charge in [-0.1, -0.05) is 24.3 Å². The monoisotopic (exact) mass is 340 g/mol. The zero-order valence-corrected chi connectivity index (χ0v) is 14.5. The first-order chi connectivity index (χ1) is 12.2. The SMILES string of the molecule is COC(=O)c1ccc(CNc2ccc(CN3CCOCC3)cc2)cc1. The van der Waals surface area contributed by atoms with E-state index in [9.17, 15) is 4.79 Å². The van der Waals surface area contributed by atoms with E-state index in [4.69, 9.17) is 9.47 Å². The maximum atomic E-state index is 11.4. The van der Waals surface area contributed by atoms with E-state index >= 15 is 0 Å². The molecule has 5 nitrogen and oxygen atoms in total. The number of ether oxygens (including phenoxy) is 2. The molecule has 2 aromatic rings. The van der Waals surface area contributed by atoms with Gasteiger partial charge in [0.25, 0.3) is 0 Å². The van der Waals surface area contributed by atoms with Crippen LogP contribution in [0.15, 0.2) is 48.5 Å². The van der Waals surface area contributed by atoms with E-state index in [2.05, 4.69) is 34.5 Å². The van der Waals surface area contributed by atoms with Crippen LogP contribution < -0.4 is 5.32 Å². The number of benzene rings is 2. The highest BCUT2D eigenvalue weighted by molar-refractivity contribution is 5.89. The highest BCUT2D eigenvalue weighted by atomic mass is 16.5. The number of hydrogen-bond acceptors (Lipinski definition) is 5. The van der Waals surface area contributed by atoms with Gasteiger partial charge in [0.05, 0.1) is 25.9 Å². The summed E-state index contributed by atoms with van der Waals surface area (Å²) in [7, 11) is 1.39. The van der Waals surface area contributed by atoms with E-state index in [1.54, 1.807) is 12.1 Å². The summed E-state index contributed by atoms with van der Waals surface area (Å²) in [5.74, 6) is -0.310. The van der Waals surface area contributed by atoms with E-state index in [0.29, 0.717) is 12.1 Å². The molecule has 0 saturated carbocycles. The minimum absolute atomic E-state index is 0.310. The topological polar surface area (TPSA) is 50.8 Å². The van der Waals surface area contributed by atoms with E-state index in [1.165, 1.54) is 12.7 Å². The molecular formula is C20H24N2O3. The number of carbonyl (C=O) groups is 1. The van der Waals surface area contributed by atoms with Crippen LogP contribution >= 0.6 is 0 Å². The van der Waals surface area contributed by atoms with Gasteiger partial charge in [0.2, 0.25) is 0 Å². The molecule has 1 N–H and O–H groups in total. The minimum atomic E-state index is -0.310. The fraction of sp³-hybridized carbons (Fsp3) is 0.350. The van der Waals surface area contributed by atoms with Crippen molar-refractivity contribution in [3.8, 4) is 0 Å². The molecular weight excluding hydrogens is 316 g/mol. The van der Waals surface area contributed by atoms with Gasteiger partial charge < -0.3 is 14.8 Å². The van der Waals surface area contributed by atoms with Crippen molar-refractivity contribution in [2.45, 2.75) is 13.1 Å². The van der Waals surface area contributed by atoms with E-state index in [0.717, 1.165) is 44.1 Å². The van der Waals surface area contributed by atoms with Gasteiger partial charge in [-0.15, -0.1) is 0 Å². The van der Waals surface area contributed by atoms with Gasteiger partial charge in [-0.2, -0.15) is 0 Å². The lowest BCUT2D eigenvalue weighted by Gasteiger charge is -2.26. The molecule has 3 rings (SSSR count). The van der Waals surface area contributed by atoms with Crippen molar-refractivity contribution in [3.05, 3.63) is 65.2 Å². The number of carbonyl (C=O) groups excluding carboxylic acids is 1. The Kier molecular flexibility index (Phi) is 6.04. The van der Waals surface area contributed by atoms with Crippen molar-refractivity contribution >= 4 is 11.7 Å². The largest absolute Gasteiger partial charge is 0.465 e. The summed E-state index contributed by atoms with van der Waals surface area (Å²) in [6, 6.07) is 16.0. The van der Waals surface area contributed by atoms with Crippen molar-refractivity contribution < 1.29 is 14.3 Å². The first kappa shape index (κ1) is 17.5. The van der Waals surface area contributed by atoms with Gasteiger partial charge in [0.1, 0.15) is 0 Å². The zero-order valence-electron chi connectivity index (χ0n) is 14.5. The molecule has 0 unspecified atom stereocenters. The van der Waals surface area contributed by atoms with Crippen LogP contribution in [0.1, 0.15) is 21.5 Å². The fourth-order valence-electron chi connectivity index (χ4n) is 2.83. The Balaban J connectivity index is 1.50. The molecule has 5 heteroatoms. The van der Waals surface area contributed by atoms with Crippen molar-refractivity contribution in [1.82, 2.24) is 4.90 Å². The van der Waals surface area contributed by atoms with E-state index in [-0.39, 0.29) is 5.97 Å². The summed E-state index contributed by atoms with van der Waals surface area (Å²) in [5, 5.41) is 3.40. The van der Waals surface area contributed by atoms with E-state index < -0.39 is 0 Å². The first-order valence-corrected chi connectivity index (χ1v) is 8.55. The lowest BCUT2D eigenvalue weighted by Crippen LogP contribution is -2.35. The van der Waals surface area contributed by atoms with Crippen LogP contribution in [0, 0.1) is 0 Å². The molecule has 0 radical (unpaired) electrons. The molecule has 0 spiro atoms. The number of morpholine rings is 1. The number of hydrogen-bond donors (Lipinski definition) is 1. The molecule has 1 saturated heterocycles. The normalized spacial score (nSPS) is 14.9. The summed E-state index contributed by atoms with van der Waals surface area (Å²) in [6.45, 7) is 5.34. The van der Waals surface area contributed by atoms with Crippen LogP contribution in [0.2, 0.25) is 0 Å². The first-order valence-electron chi connectivity index (χ1n) is 8.55. The molecule has 0 aromatic heterocycles. The van der Waals surface area contributed by atoms with Gasteiger partial charge in [0.15, 0.2) is 0 Å². The van der Waals surface area contributed by atoms with Crippen LogP contribution in [0.5, 0.6) is 0 Å². The Bertz CT molecular complexity index is 677. The van der Waals surface area contributed by atoms with Crippen LogP contribution in [-0.4, -0.2) is 44.3 Å². The second kappa shape index (κ2) is 8.65. The second-order valence-electron chi connectivity index (χ2n) is 6.13. The van der Waals surface area contributed by atoms with Crippen LogP contribution in [0.25, 0.3) is 0 Å².